The van der Waals surface area contributed by atoms with Gasteiger partial charge >= 0.3 is 0 Å². The summed E-state index contributed by atoms with van der Waals surface area (Å²) in [6.07, 6.45) is 1.52. The highest BCUT2D eigenvalue weighted by atomic mass is 16.5. The highest BCUT2D eigenvalue weighted by Crippen LogP contribution is 2.39. The molecule has 4 aromatic carbocycles. The van der Waals surface area contributed by atoms with Crippen LogP contribution in [0.15, 0.2) is 77.9 Å². The molecule has 0 saturated carbocycles. The summed E-state index contributed by atoms with van der Waals surface area (Å²) in [7, 11) is 1.55. The zero-order valence-corrected chi connectivity index (χ0v) is 22.7. The smallest absolute Gasteiger partial charge is 0.265 e. The molecule has 0 atom stereocenters. The number of H-pyrrole nitrogens is 1. The molecule has 0 saturated heterocycles. The standard InChI is InChI=1S/C32H27N5O4/c1-17-20(6-4-8-26(17)37-16-35-29-24(32(37)40)7-5-9-27(29)41-3)21-12-13-23(31(33)39)30-28(21)22-11-10-19(14-25(22)36-30)15-34-18(2)38/h4-14,16,36H,15H2,1-3H3,(H2,33,39)(H,34,38). The Balaban J connectivity index is 1.57. The summed E-state index contributed by atoms with van der Waals surface area (Å²) >= 11 is 0. The number of hydrogen-bond acceptors (Lipinski definition) is 5. The lowest BCUT2D eigenvalue weighted by molar-refractivity contribution is -0.119. The molecule has 2 amide bonds. The van der Waals surface area contributed by atoms with Crippen LogP contribution in [0.4, 0.5) is 0 Å². The molecule has 0 aliphatic rings. The van der Waals surface area contributed by atoms with Gasteiger partial charge in [0, 0.05) is 29.8 Å². The monoisotopic (exact) mass is 545 g/mol. The molecular formula is C32H27N5O4. The van der Waals surface area contributed by atoms with Gasteiger partial charge in [-0.25, -0.2) is 4.98 Å². The third-order valence-corrected chi connectivity index (χ3v) is 7.45. The van der Waals surface area contributed by atoms with Crippen LogP contribution < -0.4 is 21.3 Å². The van der Waals surface area contributed by atoms with Crippen molar-refractivity contribution in [2.75, 3.05) is 7.11 Å². The first-order valence-electron chi connectivity index (χ1n) is 13.0. The third-order valence-electron chi connectivity index (χ3n) is 7.45. The normalized spacial score (nSPS) is 11.3. The van der Waals surface area contributed by atoms with Gasteiger partial charge in [0.2, 0.25) is 5.91 Å². The number of nitrogens with two attached hydrogens (primary N) is 1. The molecule has 41 heavy (non-hydrogen) atoms. The van der Waals surface area contributed by atoms with Gasteiger partial charge in [-0.15, -0.1) is 0 Å². The van der Waals surface area contributed by atoms with Crippen LogP contribution in [-0.4, -0.2) is 33.5 Å². The van der Waals surface area contributed by atoms with Gasteiger partial charge in [-0.3, -0.25) is 19.0 Å². The van der Waals surface area contributed by atoms with Crippen molar-refractivity contribution in [1.29, 1.82) is 0 Å². The maximum Gasteiger partial charge on any atom is 0.265 e. The highest BCUT2D eigenvalue weighted by Gasteiger charge is 2.19. The van der Waals surface area contributed by atoms with Crippen molar-refractivity contribution in [3.05, 3.63) is 100 Å². The van der Waals surface area contributed by atoms with Crippen LogP contribution in [0.1, 0.15) is 28.4 Å². The molecule has 0 aliphatic carbocycles. The molecular weight excluding hydrogens is 518 g/mol. The minimum Gasteiger partial charge on any atom is -0.494 e. The first kappa shape index (κ1) is 25.8. The molecule has 0 bridgehead atoms. The van der Waals surface area contributed by atoms with E-state index in [0.717, 1.165) is 38.5 Å². The largest absolute Gasteiger partial charge is 0.494 e. The minimum absolute atomic E-state index is 0.116. The molecule has 2 aromatic heterocycles. The van der Waals surface area contributed by atoms with Crippen molar-refractivity contribution >= 4 is 44.5 Å². The van der Waals surface area contributed by atoms with Crippen molar-refractivity contribution in [3.63, 3.8) is 0 Å². The lowest BCUT2D eigenvalue weighted by Crippen LogP contribution is -2.20. The predicted molar refractivity (Wildman–Crippen MR) is 159 cm³/mol. The van der Waals surface area contributed by atoms with Gasteiger partial charge in [-0.05, 0) is 59.5 Å². The fraction of sp³-hybridized carbons (Fsp3) is 0.125. The van der Waals surface area contributed by atoms with Crippen LogP contribution in [0.3, 0.4) is 0 Å². The van der Waals surface area contributed by atoms with Gasteiger partial charge in [-0.1, -0.05) is 36.4 Å². The zero-order valence-electron chi connectivity index (χ0n) is 22.7. The van der Waals surface area contributed by atoms with Gasteiger partial charge in [0.05, 0.1) is 29.3 Å². The number of benzene rings is 4. The number of amides is 2. The highest BCUT2D eigenvalue weighted by molar-refractivity contribution is 6.20. The van der Waals surface area contributed by atoms with E-state index in [0.29, 0.717) is 40.0 Å². The Morgan fingerprint density at radius 3 is 2.59 bits per heavy atom. The first-order valence-corrected chi connectivity index (χ1v) is 13.0. The number of methoxy groups -OCH3 is 1. The molecule has 0 aliphatic heterocycles. The molecule has 9 nitrogen and oxygen atoms in total. The Morgan fingerprint density at radius 1 is 1.02 bits per heavy atom. The third kappa shape index (κ3) is 4.28. The maximum absolute atomic E-state index is 13.6. The fourth-order valence-electron chi connectivity index (χ4n) is 5.46. The van der Waals surface area contributed by atoms with Crippen molar-refractivity contribution < 1.29 is 14.3 Å². The Labute approximate surface area is 234 Å². The van der Waals surface area contributed by atoms with E-state index < -0.39 is 5.91 Å². The Hall–Kier alpha value is -5.44. The lowest BCUT2D eigenvalue weighted by atomic mass is 9.93. The maximum atomic E-state index is 13.6. The van der Waals surface area contributed by atoms with E-state index in [9.17, 15) is 14.4 Å². The van der Waals surface area contributed by atoms with Crippen LogP contribution in [0.5, 0.6) is 5.75 Å². The van der Waals surface area contributed by atoms with E-state index >= 15 is 0 Å². The van der Waals surface area contributed by atoms with Crippen LogP contribution in [0, 0.1) is 6.92 Å². The number of hydrogen-bond donors (Lipinski definition) is 3. The SMILES string of the molecule is COc1cccc2c(=O)n(-c3cccc(-c4ccc(C(N)=O)c5[nH]c6cc(CNC(C)=O)ccc6c45)c3C)cnc12. The average molecular weight is 546 g/mol. The number of fused-ring (bicyclic) bond motifs is 4. The molecule has 6 rings (SSSR count). The number of rotatable bonds is 6. The van der Waals surface area contributed by atoms with Crippen LogP contribution >= 0.6 is 0 Å². The molecule has 4 N–H and O–H groups in total. The lowest BCUT2D eigenvalue weighted by Gasteiger charge is -2.15. The van der Waals surface area contributed by atoms with Crippen molar-refractivity contribution in [2.45, 2.75) is 20.4 Å². The van der Waals surface area contributed by atoms with Gasteiger partial charge in [0.25, 0.3) is 11.5 Å². The van der Waals surface area contributed by atoms with Crippen molar-refractivity contribution in [1.82, 2.24) is 19.9 Å². The number of primary amides is 1. The summed E-state index contributed by atoms with van der Waals surface area (Å²) in [6.45, 7) is 3.82. The van der Waals surface area contributed by atoms with Gasteiger partial charge < -0.3 is 20.8 Å². The number of ether oxygens (including phenoxy) is 1. The number of nitrogens with one attached hydrogen (secondary N) is 2. The Morgan fingerprint density at radius 2 is 1.83 bits per heavy atom. The molecule has 0 fully saturated rings. The number of para-hydroxylation sites is 1. The summed E-state index contributed by atoms with van der Waals surface area (Å²) in [5.41, 5.74) is 12.1. The summed E-state index contributed by atoms with van der Waals surface area (Å²) in [5, 5.41) is 5.02. The summed E-state index contributed by atoms with van der Waals surface area (Å²) in [4.78, 5) is 45.3. The fourth-order valence-corrected chi connectivity index (χ4v) is 5.46. The minimum atomic E-state index is -0.540. The zero-order chi connectivity index (χ0) is 28.8. The molecule has 0 spiro atoms. The van der Waals surface area contributed by atoms with Gasteiger partial charge in [0.15, 0.2) is 0 Å². The van der Waals surface area contributed by atoms with Crippen LogP contribution in [0.25, 0.3) is 49.5 Å². The number of aromatic nitrogens is 3. The molecule has 204 valence electrons. The Kier molecular flexibility index (Phi) is 6.26. The van der Waals surface area contributed by atoms with E-state index in [1.54, 1.807) is 35.9 Å². The van der Waals surface area contributed by atoms with Crippen LogP contribution in [0.2, 0.25) is 0 Å². The second-order valence-electron chi connectivity index (χ2n) is 9.92. The molecule has 6 aromatic rings. The average Bonchev–Trinajstić information content (AvgIpc) is 3.35. The molecule has 2 heterocycles. The van der Waals surface area contributed by atoms with Gasteiger partial charge in [0.1, 0.15) is 17.6 Å². The Bertz CT molecular complexity index is 2090. The van der Waals surface area contributed by atoms with Crippen molar-refractivity contribution in [2.24, 2.45) is 5.73 Å². The molecule has 9 heteroatoms. The second kappa shape index (κ2) is 9.95. The van der Waals surface area contributed by atoms with Crippen molar-refractivity contribution in [3.8, 4) is 22.6 Å². The van der Waals surface area contributed by atoms with Gasteiger partial charge in [-0.2, -0.15) is 0 Å². The van der Waals surface area contributed by atoms with Crippen LogP contribution in [-0.2, 0) is 11.3 Å². The predicted octanol–water partition coefficient (Wildman–Crippen LogP) is 4.74. The van der Waals surface area contributed by atoms with E-state index in [-0.39, 0.29) is 11.5 Å². The second-order valence-corrected chi connectivity index (χ2v) is 9.92. The summed E-state index contributed by atoms with van der Waals surface area (Å²) < 4.78 is 6.93. The number of carbonyl (C=O) groups excluding carboxylic acids is 2. The summed E-state index contributed by atoms with van der Waals surface area (Å²) in [5.74, 6) is -0.120. The van der Waals surface area contributed by atoms with E-state index in [1.807, 2.05) is 49.4 Å². The summed E-state index contributed by atoms with van der Waals surface area (Å²) in [6, 6.07) is 20.5. The quantitative estimate of drug-likeness (QED) is 0.278. The van der Waals surface area contributed by atoms with E-state index in [1.165, 1.54) is 13.3 Å². The molecule has 0 unspecified atom stereocenters. The first-order chi connectivity index (χ1) is 19.8. The number of carbonyl (C=O) groups is 2. The number of aromatic amines is 1. The molecule has 0 radical (unpaired) electrons. The topological polar surface area (TPSA) is 132 Å². The van der Waals surface area contributed by atoms with E-state index in [4.69, 9.17) is 10.5 Å². The van der Waals surface area contributed by atoms with E-state index in [2.05, 4.69) is 15.3 Å². The number of nitrogens with zero attached hydrogens (tertiary/aromatic N) is 2.